The lowest BCUT2D eigenvalue weighted by Crippen LogP contribution is -2.45. The third-order valence-corrected chi connectivity index (χ3v) is 16.1. The molecule has 6 nitrogen and oxygen atoms in total. The van der Waals surface area contributed by atoms with E-state index in [1.165, 1.54) is 302 Å². The van der Waals surface area contributed by atoms with Gasteiger partial charge in [0.25, 0.3) is 0 Å². The number of nitrogens with one attached hydrogen (secondary N) is 1. The van der Waals surface area contributed by atoms with Crippen LogP contribution in [-0.4, -0.2) is 47.4 Å². The van der Waals surface area contributed by atoms with E-state index >= 15 is 0 Å². The van der Waals surface area contributed by atoms with E-state index in [-0.39, 0.29) is 18.5 Å². The van der Waals surface area contributed by atoms with Gasteiger partial charge in [-0.3, -0.25) is 9.59 Å². The fourth-order valence-electron chi connectivity index (χ4n) is 10.9. The highest BCUT2D eigenvalue weighted by atomic mass is 16.5. The first kappa shape index (κ1) is 72.6. The predicted molar refractivity (Wildman–Crippen MR) is 324 cm³/mol. The van der Waals surface area contributed by atoms with Crippen LogP contribution in [0.2, 0.25) is 0 Å². The summed E-state index contributed by atoms with van der Waals surface area (Å²) in [6.07, 6.45) is 78.1. The number of ether oxygens (including phenoxy) is 1. The Morgan fingerprint density at radius 3 is 0.959 bits per heavy atom. The van der Waals surface area contributed by atoms with E-state index in [0.29, 0.717) is 25.9 Å². The normalized spacial score (nSPS) is 12.5. The van der Waals surface area contributed by atoms with Crippen LogP contribution in [0.5, 0.6) is 0 Å². The van der Waals surface area contributed by atoms with Crippen molar-refractivity contribution in [1.29, 1.82) is 0 Å². The fraction of sp³-hybridized carbons (Fsp3) is 0.941. The molecule has 0 aliphatic rings. The highest BCUT2D eigenvalue weighted by molar-refractivity contribution is 5.76. The summed E-state index contributed by atoms with van der Waals surface area (Å²) in [6.45, 7) is 4.97. The van der Waals surface area contributed by atoms with Gasteiger partial charge in [-0.25, -0.2) is 0 Å². The van der Waals surface area contributed by atoms with Gasteiger partial charge in [0, 0.05) is 12.8 Å². The SMILES string of the molecule is CCCCCCCCC/C=C\CCCCCCCCCC(=O)OCCCCCCCCCCCCCCCCC(=O)NC(CO)C(O)CCCCCCCCCCCCCCCCCCCCCCCCCCC. The molecule has 1 amide bonds. The standard InChI is InChI=1S/C68H133NO5/c1-3-5-7-9-11-13-15-17-19-21-23-24-25-26-27-28-29-30-32-36-40-44-48-52-56-60-66(71)65(64-70)69-67(72)61-57-53-49-45-41-37-34-35-39-43-47-51-55-59-63-74-68(73)62-58-54-50-46-42-38-33-31-22-20-18-16-14-12-10-8-6-4-2/h20,22,65-66,70-71H,3-19,21,23-64H2,1-2H3,(H,69,72)/b22-20-. The van der Waals surface area contributed by atoms with Crippen molar-refractivity contribution in [2.24, 2.45) is 0 Å². The summed E-state index contributed by atoms with van der Waals surface area (Å²) in [6, 6.07) is -0.551. The molecule has 440 valence electrons. The summed E-state index contributed by atoms with van der Waals surface area (Å²) in [5, 5.41) is 23.4. The van der Waals surface area contributed by atoms with Gasteiger partial charge in [0.1, 0.15) is 0 Å². The number of esters is 1. The number of aliphatic hydroxyl groups excluding tert-OH is 2. The summed E-state index contributed by atoms with van der Waals surface area (Å²) in [7, 11) is 0. The number of amides is 1. The van der Waals surface area contributed by atoms with Gasteiger partial charge in [0.15, 0.2) is 0 Å². The first-order chi connectivity index (χ1) is 36.5. The number of hydrogen-bond donors (Lipinski definition) is 3. The summed E-state index contributed by atoms with van der Waals surface area (Å²) in [5.41, 5.74) is 0. The Bertz CT molecular complexity index is 1110. The molecule has 0 bridgehead atoms. The molecule has 0 saturated heterocycles. The molecular formula is C68H133NO5. The molecule has 0 radical (unpaired) electrons. The first-order valence-electron chi connectivity index (χ1n) is 33.9. The second-order valence-corrected chi connectivity index (χ2v) is 23.5. The van der Waals surface area contributed by atoms with Crippen LogP contribution in [0, 0.1) is 0 Å². The van der Waals surface area contributed by atoms with Gasteiger partial charge < -0.3 is 20.3 Å². The lowest BCUT2D eigenvalue weighted by atomic mass is 10.0. The maximum absolute atomic E-state index is 12.5. The number of hydrogen-bond acceptors (Lipinski definition) is 5. The van der Waals surface area contributed by atoms with E-state index in [1.54, 1.807) is 0 Å². The largest absolute Gasteiger partial charge is 0.466 e. The van der Waals surface area contributed by atoms with Gasteiger partial charge in [-0.1, -0.05) is 334 Å². The quantitative estimate of drug-likeness (QED) is 0.0320. The smallest absolute Gasteiger partial charge is 0.305 e. The van der Waals surface area contributed by atoms with Crippen molar-refractivity contribution in [2.75, 3.05) is 13.2 Å². The van der Waals surface area contributed by atoms with Crippen LogP contribution in [-0.2, 0) is 14.3 Å². The third kappa shape index (κ3) is 59.8. The number of unbranched alkanes of at least 4 members (excludes halogenated alkanes) is 51. The van der Waals surface area contributed by atoms with Gasteiger partial charge in [0.05, 0.1) is 25.4 Å². The van der Waals surface area contributed by atoms with Gasteiger partial charge >= 0.3 is 5.97 Å². The van der Waals surface area contributed by atoms with Gasteiger partial charge in [0.2, 0.25) is 5.91 Å². The molecule has 2 atom stereocenters. The van der Waals surface area contributed by atoms with Crippen molar-refractivity contribution >= 4 is 11.9 Å². The highest BCUT2D eigenvalue weighted by Gasteiger charge is 2.20. The molecule has 0 heterocycles. The van der Waals surface area contributed by atoms with Gasteiger partial charge in [-0.05, 0) is 51.4 Å². The summed E-state index contributed by atoms with van der Waals surface area (Å²) < 4.78 is 5.49. The third-order valence-electron chi connectivity index (χ3n) is 16.1. The molecular weight excluding hydrogens is 911 g/mol. The molecule has 0 aromatic heterocycles. The minimum absolute atomic E-state index is 0.00336. The highest BCUT2D eigenvalue weighted by Crippen LogP contribution is 2.19. The lowest BCUT2D eigenvalue weighted by molar-refractivity contribution is -0.143. The van der Waals surface area contributed by atoms with E-state index in [2.05, 4.69) is 31.3 Å². The molecule has 0 aliphatic heterocycles. The number of carbonyl (C=O) groups excluding carboxylic acids is 2. The molecule has 6 heteroatoms. The van der Waals surface area contributed by atoms with Crippen molar-refractivity contribution in [3.8, 4) is 0 Å². The number of allylic oxidation sites excluding steroid dienone is 2. The Kier molecular flexibility index (Phi) is 62.9. The Balaban J connectivity index is 3.41. The summed E-state index contributed by atoms with van der Waals surface area (Å²) in [5.74, 6) is -0.0438. The van der Waals surface area contributed by atoms with Crippen LogP contribution < -0.4 is 5.32 Å². The first-order valence-corrected chi connectivity index (χ1v) is 33.9. The monoisotopic (exact) mass is 1040 g/mol. The average molecular weight is 1040 g/mol. The fourth-order valence-corrected chi connectivity index (χ4v) is 10.9. The number of carbonyl (C=O) groups is 2. The number of rotatable bonds is 64. The molecule has 0 aromatic rings. The second-order valence-electron chi connectivity index (χ2n) is 23.5. The molecule has 0 saturated carbocycles. The van der Waals surface area contributed by atoms with E-state index in [1.807, 2.05) is 0 Å². The van der Waals surface area contributed by atoms with E-state index < -0.39 is 12.1 Å². The molecule has 0 spiro atoms. The average Bonchev–Trinajstić information content (AvgIpc) is 3.40. The zero-order valence-corrected chi connectivity index (χ0v) is 50.4. The van der Waals surface area contributed by atoms with Crippen molar-refractivity contribution in [3.63, 3.8) is 0 Å². The Morgan fingerprint density at radius 2 is 0.635 bits per heavy atom. The maximum atomic E-state index is 12.5. The van der Waals surface area contributed by atoms with Crippen LogP contribution in [0.15, 0.2) is 12.2 Å². The molecule has 0 rings (SSSR count). The van der Waals surface area contributed by atoms with Crippen molar-refractivity contribution in [1.82, 2.24) is 5.32 Å². The topological polar surface area (TPSA) is 95.9 Å². The summed E-state index contributed by atoms with van der Waals surface area (Å²) in [4.78, 5) is 24.7. The molecule has 0 fully saturated rings. The van der Waals surface area contributed by atoms with Crippen LogP contribution >= 0.6 is 0 Å². The molecule has 3 N–H and O–H groups in total. The Hall–Kier alpha value is -1.40. The maximum Gasteiger partial charge on any atom is 0.305 e. The van der Waals surface area contributed by atoms with Crippen LogP contribution in [0.3, 0.4) is 0 Å². The Morgan fingerprint density at radius 1 is 0.365 bits per heavy atom. The van der Waals surface area contributed by atoms with Crippen molar-refractivity contribution in [2.45, 2.75) is 398 Å². The van der Waals surface area contributed by atoms with Crippen molar-refractivity contribution < 1.29 is 24.5 Å². The number of aliphatic hydroxyl groups is 2. The molecule has 2 unspecified atom stereocenters. The second kappa shape index (κ2) is 64.1. The van der Waals surface area contributed by atoms with E-state index in [9.17, 15) is 19.8 Å². The van der Waals surface area contributed by atoms with Crippen LogP contribution in [0.1, 0.15) is 386 Å². The molecule has 74 heavy (non-hydrogen) atoms. The molecule has 0 aromatic carbocycles. The van der Waals surface area contributed by atoms with E-state index in [0.717, 1.165) is 51.4 Å². The van der Waals surface area contributed by atoms with Crippen LogP contribution in [0.25, 0.3) is 0 Å². The van der Waals surface area contributed by atoms with Gasteiger partial charge in [-0.2, -0.15) is 0 Å². The zero-order valence-electron chi connectivity index (χ0n) is 50.4. The lowest BCUT2D eigenvalue weighted by Gasteiger charge is -2.22. The predicted octanol–water partition coefficient (Wildman–Crippen LogP) is 21.6. The van der Waals surface area contributed by atoms with Crippen LogP contribution in [0.4, 0.5) is 0 Å². The summed E-state index contributed by atoms with van der Waals surface area (Å²) >= 11 is 0. The van der Waals surface area contributed by atoms with Gasteiger partial charge in [-0.15, -0.1) is 0 Å². The molecule has 0 aliphatic carbocycles. The Labute approximate surface area is 463 Å². The minimum Gasteiger partial charge on any atom is -0.466 e. The zero-order chi connectivity index (χ0) is 53.6. The minimum atomic E-state index is -0.673. The van der Waals surface area contributed by atoms with E-state index in [4.69, 9.17) is 4.74 Å². The van der Waals surface area contributed by atoms with Crippen molar-refractivity contribution in [3.05, 3.63) is 12.2 Å².